The predicted molar refractivity (Wildman–Crippen MR) is 170 cm³/mol. The van der Waals surface area contributed by atoms with E-state index in [-0.39, 0.29) is 18.0 Å². The van der Waals surface area contributed by atoms with Crippen molar-refractivity contribution in [3.05, 3.63) is 88.5 Å². The first-order valence-corrected chi connectivity index (χ1v) is 15.3. The minimum atomic E-state index is -0.561. The molecular weight excluding hydrogens is 578 g/mol. The molecule has 5 rings (SSSR count). The van der Waals surface area contributed by atoms with Gasteiger partial charge < -0.3 is 24.8 Å². The van der Waals surface area contributed by atoms with Gasteiger partial charge in [0, 0.05) is 57.1 Å². The van der Waals surface area contributed by atoms with Crippen LogP contribution in [0.15, 0.2) is 61.1 Å². The van der Waals surface area contributed by atoms with Crippen LogP contribution in [-0.2, 0) is 16.6 Å². The molecule has 3 amide bonds. The van der Waals surface area contributed by atoms with Crippen LogP contribution in [0.2, 0.25) is 5.02 Å². The summed E-state index contributed by atoms with van der Waals surface area (Å²) in [5.74, 6) is -0.179. The van der Waals surface area contributed by atoms with Crippen molar-refractivity contribution in [2.45, 2.75) is 44.4 Å². The molecule has 3 aromatic rings. The van der Waals surface area contributed by atoms with Crippen LogP contribution in [0.4, 0.5) is 10.5 Å². The molecule has 1 aliphatic carbocycles. The molecule has 0 radical (unpaired) electrons. The highest BCUT2D eigenvalue weighted by atomic mass is 35.5. The van der Waals surface area contributed by atoms with E-state index in [1.807, 2.05) is 35.6 Å². The Labute approximate surface area is 263 Å². The summed E-state index contributed by atoms with van der Waals surface area (Å²) in [6, 6.07) is 14.5. The first kappa shape index (κ1) is 31.3. The third-order valence-electron chi connectivity index (χ3n) is 8.49. The molecule has 0 bridgehead atoms. The Morgan fingerprint density at radius 1 is 1.16 bits per heavy atom. The Morgan fingerprint density at radius 3 is 2.55 bits per heavy atom. The second kappa shape index (κ2) is 14.1. The molecule has 2 N–H and O–H groups in total. The molecule has 0 saturated carbocycles. The van der Waals surface area contributed by atoms with Crippen molar-refractivity contribution >= 4 is 34.8 Å². The SMILES string of the molecule is CCC(OC)C(=O)NC(C1=CCCC(N2CCN(C(=O)Nc3ccc(C#N)cc3)CC2)c2ccc(Cl)cc21)c1cncn1C. The molecule has 11 heteroatoms. The fraction of sp³-hybridized carbons (Fsp3) is 0.394. The number of amides is 3. The number of carbonyl (C=O) groups is 2. The number of allylic oxidation sites excluding steroid dienone is 1. The quantitative estimate of drug-likeness (QED) is 0.356. The van der Waals surface area contributed by atoms with Crippen molar-refractivity contribution in [2.75, 3.05) is 38.6 Å². The number of nitriles is 1. The first-order chi connectivity index (χ1) is 21.3. The summed E-state index contributed by atoms with van der Waals surface area (Å²) in [7, 11) is 3.47. The van der Waals surface area contributed by atoms with E-state index >= 15 is 0 Å². The van der Waals surface area contributed by atoms with Crippen LogP contribution in [0.5, 0.6) is 0 Å². The highest BCUT2D eigenvalue weighted by molar-refractivity contribution is 6.30. The van der Waals surface area contributed by atoms with Gasteiger partial charge in [-0.2, -0.15) is 5.26 Å². The molecule has 10 nitrogen and oxygen atoms in total. The number of hydrogen-bond acceptors (Lipinski definition) is 6. The molecule has 3 unspecified atom stereocenters. The number of methoxy groups -OCH3 is 1. The second-order valence-corrected chi connectivity index (χ2v) is 11.6. The third kappa shape index (κ3) is 6.81. The molecule has 1 aliphatic heterocycles. The average Bonchev–Trinajstić information content (AvgIpc) is 3.37. The zero-order valence-electron chi connectivity index (χ0n) is 25.3. The maximum absolute atomic E-state index is 13.3. The van der Waals surface area contributed by atoms with Gasteiger partial charge in [0.15, 0.2) is 0 Å². The van der Waals surface area contributed by atoms with Crippen LogP contribution in [0, 0.1) is 11.3 Å². The zero-order chi connectivity index (χ0) is 31.2. The summed E-state index contributed by atoms with van der Waals surface area (Å²) in [5, 5.41) is 15.8. The number of fused-ring (bicyclic) bond motifs is 1. The molecule has 1 fully saturated rings. The van der Waals surface area contributed by atoms with Crippen molar-refractivity contribution in [3.8, 4) is 6.07 Å². The number of piperazine rings is 1. The minimum Gasteiger partial charge on any atom is -0.372 e. The number of carbonyl (C=O) groups excluding carboxylic acids is 2. The first-order valence-electron chi connectivity index (χ1n) is 14.9. The number of anilines is 1. The van der Waals surface area contributed by atoms with Crippen LogP contribution in [0.1, 0.15) is 60.7 Å². The van der Waals surface area contributed by atoms with Crippen molar-refractivity contribution < 1.29 is 14.3 Å². The molecule has 2 aliphatic rings. The Bertz CT molecular complexity index is 1550. The van der Waals surface area contributed by atoms with Crippen LogP contribution in [-0.4, -0.2) is 70.7 Å². The van der Waals surface area contributed by atoms with Gasteiger partial charge in [-0.25, -0.2) is 9.78 Å². The van der Waals surface area contributed by atoms with E-state index in [1.54, 1.807) is 43.9 Å². The summed E-state index contributed by atoms with van der Waals surface area (Å²) < 4.78 is 7.37. The molecule has 3 atom stereocenters. The number of aromatic nitrogens is 2. The van der Waals surface area contributed by atoms with Gasteiger partial charge in [-0.15, -0.1) is 0 Å². The maximum Gasteiger partial charge on any atom is 0.321 e. The van der Waals surface area contributed by atoms with Gasteiger partial charge in [-0.05, 0) is 72.4 Å². The van der Waals surface area contributed by atoms with Crippen LogP contribution < -0.4 is 10.6 Å². The number of urea groups is 1. The number of benzene rings is 2. The highest BCUT2D eigenvalue weighted by Crippen LogP contribution is 2.42. The monoisotopic (exact) mass is 615 g/mol. The van der Waals surface area contributed by atoms with Gasteiger partial charge in [0.05, 0.1) is 35.9 Å². The van der Waals surface area contributed by atoms with Crippen molar-refractivity contribution in [1.29, 1.82) is 5.26 Å². The molecular formula is C33H38ClN7O3. The van der Waals surface area contributed by atoms with E-state index in [2.05, 4.69) is 38.7 Å². The third-order valence-corrected chi connectivity index (χ3v) is 8.73. The number of nitrogens with zero attached hydrogens (tertiary/aromatic N) is 5. The minimum absolute atomic E-state index is 0.116. The Hall–Kier alpha value is -4.17. The topological polar surface area (TPSA) is 116 Å². The van der Waals surface area contributed by atoms with Crippen LogP contribution in [0.3, 0.4) is 0 Å². The summed E-state index contributed by atoms with van der Waals surface area (Å²) >= 11 is 6.60. The molecule has 230 valence electrons. The highest BCUT2D eigenvalue weighted by Gasteiger charge is 2.33. The number of hydrogen-bond donors (Lipinski definition) is 2. The Kier molecular flexibility index (Phi) is 10.0. The van der Waals surface area contributed by atoms with Crippen molar-refractivity contribution in [1.82, 2.24) is 24.7 Å². The normalized spacial score (nSPS) is 18.3. The van der Waals surface area contributed by atoms with E-state index in [4.69, 9.17) is 21.6 Å². The zero-order valence-corrected chi connectivity index (χ0v) is 26.1. The summed E-state index contributed by atoms with van der Waals surface area (Å²) in [6.07, 6.45) is 7.42. The summed E-state index contributed by atoms with van der Waals surface area (Å²) in [5.41, 5.74) is 5.20. The Morgan fingerprint density at radius 2 is 1.91 bits per heavy atom. The van der Waals surface area contributed by atoms with E-state index in [0.717, 1.165) is 48.3 Å². The second-order valence-electron chi connectivity index (χ2n) is 11.1. The molecule has 1 saturated heterocycles. The largest absolute Gasteiger partial charge is 0.372 e. The average molecular weight is 616 g/mol. The predicted octanol–water partition coefficient (Wildman–Crippen LogP) is 5.30. The number of aryl methyl sites for hydroxylation is 1. The molecule has 0 spiro atoms. The van der Waals surface area contributed by atoms with Gasteiger partial charge in [0.25, 0.3) is 0 Å². The van der Waals surface area contributed by atoms with E-state index in [0.29, 0.717) is 35.8 Å². The number of ether oxygens (including phenoxy) is 1. The number of halogens is 1. The fourth-order valence-electron chi connectivity index (χ4n) is 6.10. The molecule has 1 aromatic heterocycles. The van der Waals surface area contributed by atoms with Gasteiger partial charge in [0.2, 0.25) is 5.91 Å². The van der Waals surface area contributed by atoms with Crippen LogP contribution >= 0.6 is 11.6 Å². The summed E-state index contributed by atoms with van der Waals surface area (Å²) in [6.45, 7) is 4.54. The van der Waals surface area contributed by atoms with E-state index in [9.17, 15) is 9.59 Å². The maximum atomic E-state index is 13.3. The number of nitrogens with one attached hydrogen (secondary N) is 2. The molecule has 2 aromatic carbocycles. The van der Waals surface area contributed by atoms with Gasteiger partial charge >= 0.3 is 6.03 Å². The van der Waals surface area contributed by atoms with Crippen molar-refractivity contribution in [2.24, 2.45) is 7.05 Å². The Balaban J connectivity index is 1.36. The molecule has 2 heterocycles. The summed E-state index contributed by atoms with van der Waals surface area (Å²) in [4.78, 5) is 34.9. The lowest BCUT2D eigenvalue weighted by molar-refractivity contribution is -0.131. The number of imidazole rings is 1. The van der Waals surface area contributed by atoms with E-state index in [1.165, 1.54) is 0 Å². The lowest BCUT2D eigenvalue weighted by atomic mass is 9.90. The lowest BCUT2D eigenvalue weighted by Crippen LogP contribution is -2.50. The molecule has 44 heavy (non-hydrogen) atoms. The standard InChI is InChI=1S/C33H38ClN7O3/c1-4-30(44-3)32(42)38-31(29-20-36-21-39(29)2)26-6-5-7-28(25-13-10-23(34)18-27(25)26)40-14-16-41(17-15-40)33(43)37-24-11-8-22(19-35)9-12-24/h6,8-13,18,20-21,28,30-31H,4-5,7,14-17H2,1-3H3,(H,37,43)(H,38,42). The van der Waals surface area contributed by atoms with E-state index < -0.39 is 12.1 Å². The fourth-order valence-corrected chi connectivity index (χ4v) is 6.27. The van der Waals surface area contributed by atoms with Crippen LogP contribution in [0.25, 0.3) is 5.57 Å². The van der Waals surface area contributed by atoms with Gasteiger partial charge in [0.1, 0.15) is 6.10 Å². The van der Waals surface area contributed by atoms with Crippen molar-refractivity contribution in [3.63, 3.8) is 0 Å². The number of rotatable bonds is 8. The van der Waals surface area contributed by atoms with Gasteiger partial charge in [-0.1, -0.05) is 30.7 Å². The smallest absolute Gasteiger partial charge is 0.321 e. The van der Waals surface area contributed by atoms with Gasteiger partial charge in [-0.3, -0.25) is 9.69 Å². The lowest BCUT2D eigenvalue weighted by Gasteiger charge is -2.40.